The van der Waals surface area contributed by atoms with Crippen LogP contribution in [0.15, 0.2) is 17.3 Å². The van der Waals surface area contributed by atoms with Gasteiger partial charge in [0.05, 0.1) is 6.33 Å². The van der Waals surface area contributed by atoms with Crippen molar-refractivity contribution in [3.63, 3.8) is 0 Å². The first-order chi connectivity index (χ1) is 6.16. The number of nitrogens with one attached hydrogen (secondary N) is 1. The van der Waals surface area contributed by atoms with E-state index in [-0.39, 0.29) is 5.56 Å². The fraction of sp³-hybridized carbons (Fsp3) is 0.375. The maximum Gasteiger partial charge on any atom is 0.254 e. The van der Waals surface area contributed by atoms with E-state index in [1.54, 1.807) is 6.92 Å². The summed E-state index contributed by atoms with van der Waals surface area (Å²) in [6.45, 7) is 1.67. The van der Waals surface area contributed by atoms with Gasteiger partial charge in [0.15, 0.2) is 0 Å². The molecule has 1 heterocycles. The van der Waals surface area contributed by atoms with Gasteiger partial charge in [0, 0.05) is 23.6 Å². The van der Waals surface area contributed by atoms with Gasteiger partial charge in [0.25, 0.3) is 5.56 Å². The third-order valence-electron chi connectivity index (χ3n) is 1.81. The van der Waals surface area contributed by atoms with Crippen molar-refractivity contribution in [2.45, 2.75) is 19.3 Å². The third-order valence-corrected chi connectivity index (χ3v) is 1.81. The van der Waals surface area contributed by atoms with Crippen LogP contribution in [0.25, 0.3) is 0 Å². The molecule has 0 saturated heterocycles. The van der Waals surface area contributed by atoms with Gasteiger partial charge in [-0.25, -0.2) is 4.98 Å². The van der Waals surface area contributed by atoms with Crippen LogP contribution in [0.2, 0.25) is 0 Å². The number of aromatic nitrogens is 2. The van der Waals surface area contributed by atoms with Gasteiger partial charge in [0.2, 0.25) is 0 Å². The summed E-state index contributed by atoms with van der Waals surface area (Å²) < 4.78 is 0. The molecule has 5 nitrogen and oxygen atoms in total. The number of aliphatic carboxylic acids is 1. The van der Waals surface area contributed by atoms with Crippen LogP contribution < -0.4 is 10.7 Å². The number of rotatable bonds is 3. The fourth-order valence-electron chi connectivity index (χ4n) is 1.12. The molecule has 1 unspecified atom stereocenters. The minimum atomic E-state index is -1.25. The molecule has 0 aliphatic heterocycles. The predicted octanol–water partition coefficient (Wildman–Crippen LogP) is -0.987. The molecule has 0 spiro atoms. The Bertz CT molecular complexity index is 358. The van der Waals surface area contributed by atoms with Crippen molar-refractivity contribution >= 4 is 5.97 Å². The minimum Gasteiger partial charge on any atom is -0.549 e. The summed E-state index contributed by atoms with van der Waals surface area (Å²) in [7, 11) is 0. The minimum absolute atomic E-state index is 0.144. The molecule has 0 fully saturated rings. The summed E-state index contributed by atoms with van der Waals surface area (Å²) in [6.07, 6.45) is 2.79. The van der Waals surface area contributed by atoms with Crippen molar-refractivity contribution in [3.8, 4) is 0 Å². The Morgan fingerprint density at radius 1 is 1.77 bits per heavy atom. The molecule has 0 bridgehead atoms. The van der Waals surface area contributed by atoms with E-state index in [0.717, 1.165) is 0 Å². The second-order valence-corrected chi connectivity index (χ2v) is 2.62. The molecule has 0 amide bonds. The van der Waals surface area contributed by atoms with Crippen molar-refractivity contribution in [1.29, 1.82) is 0 Å². The van der Waals surface area contributed by atoms with Crippen molar-refractivity contribution in [3.05, 3.63) is 28.4 Å². The quantitative estimate of drug-likeness (QED) is 0.648. The standard InChI is InChI=1S/C8H10N2O3/c1-2-5(8(12)13)6-3-9-4-10-7(6)11/h3-5H,2H2,1H3,(H,12,13)(H,9,10,11)/p-1. The van der Waals surface area contributed by atoms with Gasteiger partial charge >= 0.3 is 0 Å². The highest BCUT2D eigenvalue weighted by molar-refractivity contribution is 5.73. The van der Waals surface area contributed by atoms with Crippen LogP contribution in [0.1, 0.15) is 24.8 Å². The lowest BCUT2D eigenvalue weighted by atomic mass is 10.00. The lowest BCUT2D eigenvalue weighted by molar-refractivity contribution is -0.308. The molecule has 5 heteroatoms. The van der Waals surface area contributed by atoms with Crippen LogP contribution in [-0.4, -0.2) is 15.9 Å². The summed E-state index contributed by atoms with van der Waals surface area (Å²) in [5, 5.41) is 10.6. The summed E-state index contributed by atoms with van der Waals surface area (Å²) in [6, 6.07) is 0. The zero-order valence-corrected chi connectivity index (χ0v) is 7.11. The molecule has 70 valence electrons. The Morgan fingerprint density at radius 2 is 2.46 bits per heavy atom. The number of nitrogens with zero attached hydrogens (tertiary/aromatic N) is 1. The number of hydrogen-bond acceptors (Lipinski definition) is 4. The van der Waals surface area contributed by atoms with Crippen molar-refractivity contribution in [1.82, 2.24) is 9.97 Å². The van der Waals surface area contributed by atoms with Gasteiger partial charge in [-0.2, -0.15) is 0 Å². The van der Waals surface area contributed by atoms with E-state index < -0.39 is 17.4 Å². The van der Waals surface area contributed by atoms with E-state index in [0.29, 0.717) is 6.42 Å². The van der Waals surface area contributed by atoms with E-state index >= 15 is 0 Å². The summed E-state index contributed by atoms with van der Waals surface area (Å²) in [4.78, 5) is 27.7. The highest BCUT2D eigenvalue weighted by atomic mass is 16.4. The first kappa shape index (κ1) is 9.44. The van der Waals surface area contributed by atoms with E-state index in [9.17, 15) is 14.7 Å². The van der Waals surface area contributed by atoms with Gasteiger partial charge in [-0.1, -0.05) is 6.92 Å². The summed E-state index contributed by atoms with van der Waals surface area (Å²) in [5.41, 5.74) is -0.281. The van der Waals surface area contributed by atoms with E-state index in [4.69, 9.17) is 0 Å². The molecular formula is C8H9N2O3-. The topological polar surface area (TPSA) is 85.9 Å². The van der Waals surface area contributed by atoms with Crippen LogP contribution in [0.3, 0.4) is 0 Å². The van der Waals surface area contributed by atoms with Gasteiger partial charge in [0.1, 0.15) is 0 Å². The number of carboxylic acids is 1. The number of carbonyl (C=O) groups is 1. The van der Waals surface area contributed by atoms with E-state index in [1.165, 1.54) is 12.5 Å². The number of H-pyrrole nitrogens is 1. The van der Waals surface area contributed by atoms with Gasteiger partial charge < -0.3 is 14.9 Å². The molecule has 0 radical (unpaired) electrons. The first-order valence-electron chi connectivity index (χ1n) is 3.90. The third kappa shape index (κ3) is 1.93. The Balaban J connectivity index is 3.12. The number of carboxylic acid groups (broad SMARTS) is 1. The number of aromatic amines is 1. The molecular weight excluding hydrogens is 172 g/mol. The van der Waals surface area contributed by atoms with Crippen LogP contribution >= 0.6 is 0 Å². The van der Waals surface area contributed by atoms with E-state index in [1.807, 2.05) is 0 Å². The molecule has 1 rings (SSSR count). The lowest BCUT2D eigenvalue weighted by Crippen LogP contribution is -2.32. The second kappa shape index (κ2) is 3.84. The molecule has 0 aliphatic carbocycles. The predicted molar refractivity (Wildman–Crippen MR) is 42.9 cm³/mol. The van der Waals surface area contributed by atoms with Crippen LogP contribution in [0.5, 0.6) is 0 Å². The fourth-order valence-corrected chi connectivity index (χ4v) is 1.12. The molecule has 1 atom stereocenters. The Labute approximate surface area is 74.4 Å². The largest absolute Gasteiger partial charge is 0.549 e. The molecule has 1 aromatic heterocycles. The summed E-state index contributed by atoms with van der Waals surface area (Å²) >= 11 is 0. The Kier molecular flexibility index (Phi) is 2.79. The maximum atomic E-state index is 11.1. The lowest BCUT2D eigenvalue weighted by Gasteiger charge is -2.13. The molecule has 0 aromatic carbocycles. The van der Waals surface area contributed by atoms with Gasteiger partial charge in [-0.05, 0) is 6.42 Å². The summed E-state index contributed by atoms with van der Waals surface area (Å²) in [5.74, 6) is -2.13. The zero-order chi connectivity index (χ0) is 9.84. The second-order valence-electron chi connectivity index (χ2n) is 2.62. The highest BCUT2D eigenvalue weighted by Gasteiger charge is 2.13. The highest BCUT2D eigenvalue weighted by Crippen LogP contribution is 2.12. The normalized spacial score (nSPS) is 12.4. The molecule has 0 aliphatic rings. The average molecular weight is 181 g/mol. The Hall–Kier alpha value is -1.65. The number of carbonyl (C=O) groups excluding carboxylic acids is 1. The van der Waals surface area contributed by atoms with Gasteiger partial charge in [-0.15, -0.1) is 0 Å². The van der Waals surface area contributed by atoms with Crippen LogP contribution in [-0.2, 0) is 4.79 Å². The smallest absolute Gasteiger partial charge is 0.254 e. The van der Waals surface area contributed by atoms with Crippen molar-refractivity contribution in [2.24, 2.45) is 0 Å². The average Bonchev–Trinajstić information content (AvgIpc) is 2.09. The molecule has 13 heavy (non-hydrogen) atoms. The van der Waals surface area contributed by atoms with Crippen molar-refractivity contribution in [2.75, 3.05) is 0 Å². The number of hydrogen-bond donors (Lipinski definition) is 1. The first-order valence-corrected chi connectivity index (χ1v) is 3.90. The molecule has 1 aromatic rings. The zero-order valence-electron chi connectivity index (χ0n) is 7.11. The monoisotopic (exact) mass is 181 g/mol. The van der Waals surface area contributed by atoms with Crippen molar-refractivity contribution < 1.29 is 9.90 Å². The maximum absolute atomic E-state index is 11.1. The Morgan fingerprint density at radius 3 is 2.92 bits per heavy atom. The van der Waals surface area contributed by atoms with Crippen LogP contribution in [0, 0.1) is 0 Å². The van der Waals surface area contributed by atoms with Crippen LogP contribution in [0.4, 0.5) is 0 Å². The van der Waals surface area contributed by atoms with E-state index in [2.05, 4.69) is 9.97 Å². The molecule has 0 saturated carbocycles. The van der Waals surface area contributed by atoms with Gasteiger partial charge in [-0.3, -0.25) is 4.79 Å². The SMILES string of the molecule is CCC(C(=O)[O-])c1cnc[nH]c1=O. The molecule has 1 N–H and O–H groups in total.